The van der Waals surface area contributed by atoms with E-state index in [9.17, 15) is 4.79 Å². The summed E-state index contributed by atoms with van der Waals surface area (Å²) in [5.74, 6) is -0.359. The molecule has 0 aromatic heterocycles. The van der Waals surface area contributed by atoms with E-state index < -0.39 is 0 Å². The number of esters is 1. The first-order chi connectivity index (χ1) is 8.49. The number of carbonyl (C=O) groups excluding carboxylic acids is 1. The molecule has 4 nitrogen and oxygen atoms in total. The maximum Gasteiger partial charge on any atom is 0.337 e. The molecule has 1 unspecified atom stereocenters. The molecular weight excluding hydrogens is 252 g/mol. The lowest BCUT2D eigenvalue weighted by atomic mass is 10.1. The highest BCUT2D eigenvalue weighted by molar-refractivity contribution is 6.31. The third kappa shape index (κ3) is 3.70. The zero-order chi connectivity index (χ0) is 13.7. The molecule has 0 bridgehead atoms. The summed E-state index contributed by atoms with van der Waals surface area (Å²) >= 11 is 6.13. The number of nitrogens with two attached hydrogens (primary N) is 1. The van der Waals surface area contributed by atoms with Gasteiger partial charge in [-0.25, -0.2) is 4.79 Å². The molecule has 1 aromatic rings. The van der Waals surface area contributed by atoms with Crippen LogP contribution < -0.4 is 5.73 Å². The SMILES string of the molecule is COC(=O)c1ccc(Cl)c(CN(C)C(C)CN)c1. The standard InChI is InChI=1S/C13H19ClN2O2/c1-9(7-15)16(2)8-11-6-10(13(17)18-3)4-5-12(11)14/h4-6,9H,7-8,15H2,1-3H3. The van der Waals surface area contributed by atoms with Gasteiger partial charge in [0.25, 0.3) is 0 Å². The minimum Gasteiger partial charge on any atom is -0.465 e. The molecule has 0 spiro atoms. The molecule has 0 amide bonds. The lowest BCUT2D eigenvalue weighted by molar-refractivity contribution is 0.0600. The molecule has 0 saturated carbocycles. The molecule has 5 heteroatoms. The lowest BCUT2D eigenvalue weighted by Gasteiger charge is -2.23. The van der Waals surface area contributed by atoms with Crippen LogP contribution in [0.4, 0.5) is 0 Å². The number of ether oxygens (including phenoxy) is 1. The van der Waals surface area contributed by atoms with E-state index in [2.05, 4.69) is 9.64 Å². The van der Waals surface area contributed by atoms with Crippen molar-refractivity contribution in [1.29, 1.82) is 0 Å². The van der Waals surface area contributed by atoms with E-state index in [1.165, 1.54) is 7.11 Å². The third-order valence-corrected chi connectivity index (χ3v) is 3.35. The second kappa shape index (κ2) is 6.73. The van der Waals surface area contributed by atoms with Gasteiger partial charge in [0, 0.05) is 24.2 Å². The predicted molar refractivity (Wildman–Crippen MR) is 72.8 cm³/mol. The third-order valence-electron chi connectivity index (χ3n) is 2.98. The molecule has 0 radical (unpaired) electrons. The summed E-state index contributed by atoms with van der Waals surface area (Å²) in [6, 6.07) is 5.38. The summed E-state index contributed by atoms with van der Waals surface area (Å²) in [4.78, 5) is 13.5. The first-order valence-corrected chi connectivity index (χ1v) is 6.14. The first-order valence-electron chi connectivity index (χ1n) is 5.76. The fraction of sp³-hybridized carbons (Fsp3) is 0.462. The van der Waals surface area contributed by atoms with Gasteiger partial charge in [0.2, 0.25) is 0 Å². The van der Waals surface area contributed by atoms with Crippen LogP contribution in [-0.2, 0) is 11.3 Å². The van der Waals surface area contributed by atoms with Gasteiger partial charge in [-0.3, -0.25) is 4.90 Å². The van der Waals surface area contributed by atoms with Crippen LogP contribution >= 0.6 is 11.6 Å². The Bertz CT molecular complexity index is 423. The second-order valence-corrected chi connectivity index (χ2v) is 4.70. The Morgan fingerprint density at radius 3 is 2.78 bits per heavy atom. The van der Waals surface area contributed by atoms with Crippen LogP contribution in [0.2, 0.25) is 5.02 Å². The molecule has 0 aliphatic rings. The predicted octanol–water partition coefficient (Wildman–Crippen LogP) is 1.91. The monoisotopic (exact) mass is 270 g/mol. The number of nitrogens with zero attached hydrogens (tertiary/aromatic N) is 1. The number of methoxy groups -OCH3 is 1. The topological polar surface area (TPSA) is 55.6 Å². The lowest BCUT2D eigenvalue weighted by Crippen LogP contribution is -2.34. The smallest absolute Gasteiger partial charge is 0.337 e. The van der Waals surface area contributed by atoms with E-state index in [4.69, 9.17) is 17.3 Å². The van der Waals surface area contributed by atoms with Gasteiger partial charge in [-0.2, -0.15) is 0 Å². The summed E-state index contributed by atoms with van der Waals surface area (Å²) in [6.07, 6.45) is 0. The van der Waals surface area contributed by atoms with Gasteiger partial charge in [-0.1, -0.05) is 11.6 Å². The van der Waals surface area contributed by atoms with E-state index >= 15 is 0 Å². The number of halogens is 1. The molecule has 100 valence electrons. The zero-order valence-corrected chi connectivity index (χ0v) is 11.7. The van der Waals surface area contributed by atoms with Gasteiger partial charge in [0.05, 0.1) is 12.7 Å². The zero-order valence-electron chi connectivity index (χ0n) is 10.9. The molecule has 0 aliphatic heterocycles. The van der Waals surface area contributed by atoms with Crippen molar-refractivity contribution in [2.24, 2.45) is 5.73 Å². The van der Waals surface area contributed by atoms with Crippen molar-refractivity contribution in [3.05, 3.63) is 34.3 Å². The molecule has 0 fully saturated rings. The van der Waals surface area contributed by atoms with Crippen molar-refractivity contribution >= 4 is 17.6 Å². The molecular formula is C13H19ClN2O2. The van der Waals surface area contributed by atoms with Crippen molar-refractivity contribution in [2.75, 3.05) is 20.7 Å². The molecule has 2 N–H and O–H groups in total. The van der Waals surface area contributed by atoms with E-state index in [0.717, 1.165) is 5.56 Å². The number of hydrogen-bond acceptors (Lipinski definition) is 4. The van der Waals surface area contributed by atoms with Gasteiger partial charge in [-0.15, -0.1) is 0 Å². The van der Waals surface area contributed by atoms with Gasteiger partial charge >= 0.3 is 5.97 Å². The summed E-state index contributed by atoms with van der Waals surface area (Å²) < 4.78 is 4.69. The maximum absolute atomic E-state index is 11.5. The highest BCUT2D eigenvalue weighted by atomic mass is 35.5. The number of benzene rings is 1. The highest BCUT2D eigenvalue weighted by Gasteiger charge is 2.13. The maximum atomic E-state index is 11.5. The Kier molecular flexibility index (Phi) is 5.59. The van der Waals surface area contributed by atoms with Crippen molar-refractivity contribution in [2.45, 2.75) is 19.5 Å². The molecule has 1 aromatic carbocycles. The number of rotatable bonds is 5. The fourth-order valence-corrected chi connectivity index (χ4v) is 1.72. The van der Waals surface area contributed by atoms with Gasteiger partial charge in [0.1, 0.15) is 0 Å². The summed E-state index contributed by atoms with van der Waals surface area (Å²) in [5.41, 5.74) is 7.01. The molecule has 1 atom stereocenters. The van der Waals surface area contributed by atoms with Gasteiger partial charge < -0.3 is 10.5 Å². The molecule has 18 heavy (non-hydrogen) atoms. The van der Waals surface area contributed by atoms with E-state index in [0.29, 0.717) is 23.7 Å². The van der Waals surface area contributed by atoms with Crippen LogP contribution in [0.15, 0.2) is 18.2 Å². The number of likely N-dealkylation sites (N-methyl/N-ethyl adjacent to an activating group) is 1. The Morgan fingerprint density at radius 1 is 1.56 bits per heavy atom. The van der Waals surface area contributed by atoms with Crippen LogP contribution in [0.5, 0.6) is 0 Å². The molecule has 0 aliphatic carbocycles. The van der Waals surface area contributed by atoms with Crippen molar-refractivity contribution in [3.63, 3.8) is 0 Å². The Hall–Kier alpha value is -1.10. The van der Waals surface area contributed by atoms with Gasteiger partial charge in [-0.05, 0) is 37.7 Å². The quantitative estimate of drug-likeness (QED) is 0.831. The van der Waals surface area contributed by atoms with Crippen molar-refractivity contribution < 1.29 is 9.53 Å². The van der Waals surface area contributed by atoms with E-state index in [1.807, 2.05) is 14.0 Å². The average molecular weight is 271 g/mol. The first kappa shape index (κ1) is 15.0. The van der Waals surface area contributed by atoms with Crippen LogP contribution in [0.1, 0.15) is 22.8 Å². The molecule has 0 heterocycles. The van der Waals surface area contributed by atoms with Gasteiger partial charge in [0.15, 0.2) is 0 Å². The largest absolute Gasteiger partial charge is 0.465 e. The Balaban J connectivity index is 2.91. The minimum atomic E-state index is -0.359. The summed E-state index contributed by atoms with van der Waals surface area (Å²) in [7, 11) is 3.33. The van der Waals surface area contributed by atoms with Crippen LogP contribution in [0.25, 0.3) is 0 Å². The Labute approximate surface area is 113 Å². The highest BCUT2D eigenvalue weighted by Crippen LogP contribution is 2.20. The summed E-state index contributed by atoms with van der Waals surface area (Å²) in [5, 5.41) is 0.638. The number of carbonyl (C=O) groups is 1. The number of hydrogen-bond donors (Lipinski definition) is 1. The van der Waals surface area contributed by atoms with E-state index in [1.54, 1.807) is 18.2 Å². The Morgan fingerprint density at radius 2 is 2.22 bits per heavy atom. The van der Waals surface area contributed by atoms with Crippen molar-refractivity contribution in [1.82, 2.24) is 4.90 Å². The normalized spacial score (nSPS) is 12.6. The van der Waals surface area contributed by atoms with Crippen LogP contribution in [0.3, 0.4) is 0 Å². The summed E-state index contributed by atoms with van der Waals surface area (Å²) in [6.45, 7) is 3.25. The fourth-order valence-electron chi connectivity index (χ4n) is 1.55. The average Bonchev–Trinajstić information content (AvgIpc) is 2.39. The minimum absolute atomic E-state index is 0.253. The van der Waals surface area contributed by atoms with Crippen LogP contribution in [0, 0.1) is 0 Å². The molecule has 1 rings (SSSR count). The molecule has 0 saturated heterocycles. The van der Waals surface area contributed by atoms with E-state index in [-0.39, 0.29) is 12.0 Å². The van der Waals surface area contributed by atoms with Crippen molar-refractivity contribution in [3.8, 4) is 0 Å². The van der Waals surface area contributed by atoms with Crippen LogP contribution in [-0.4, -0.2) is 37.6 Å². The second-order valence-electron chi connectivity index (χ2n) is 4.30.